The molecule has 0 bridgehead atoms. The SMILES string of the molecule is CCc1cccc(C(=O)OC#Cc2ccc(OCc3c(-c4c(Cl)cccc4Cl)noc3C3CC3)cc2Cl)c1. The van der Waals surface area contributed by atoms with Gasteiger partial charge >= 0.3 is 5.97 Å². The van der Waals surface area contributed by atoms with Gasteiger partial charge in [0.1, 0.15) is 29.9 Å². The highest BCUT2D eigenvalue weighted by Crippen LogP contribution is 2.46. The summed E-state index contributed by atoms with van der Waals surface area (Å²) in [5.74, 6) is 3.90. The van der Waals surface area contributed by atoms with Gasteiger partial charge in [0, 0.05) is 23.1 Å². The lowest BCUT2D eigenvalue weighted by molar-refractivity contribution is 0.0690. The van der Waals surface area contributed by atoms with Crippen molar-refractivity contribution in [2.45, 2.75) is 38.7 Å². The van der Waals surface area contributed by atoms with Crippen LogP contribution in [0.3, 0.4) is 0 Å². The van der Waals surface area contributed by atoms with E-state index in [9.17, 15) is 4.79 Å². The van der Waals surface area contributed by atoms with Crippen molar-refractivity contribution in [1.82, 2.24) is 5.16 Å². The Bertz CT molecular complexity index is 1540. The maximum atomic E-state index is 12.3. The normalized spacial score (nSPS) is 12.5. The summed E-state index contributed by atoms with van der Waals surface area (Å²) >= 11 is 19.3. The van der Waals surface area contributed by atoms with Gasteiger partial charge in [-0.25, -0.2) is 4.79 Å². The lowest BCUT2D eigenvalue weighted by atomic mass is 10.0. The van der Waals surface area contributed by atoms with Gasteiger partial charge in [-0.1, -0.05) is 65.1 Å². The van der Waals surface area contributed by atoms with Gasteiger partial charge in [-0.15, -0.1) is 0 Å². The molecule has 0 unspecified atom stereocenters. The Morgan fingerprint density at radius 3 is 2.50 bits per heavy atom. The highest BCUT2D eigenvalue weighted by molar-refractivity contribution is 6.39. The molecule has 0 aliphatic heterocycles. The number of hydrogen-bond acceptors (Lipinski definition) is 5. The third-order valence-electron chi connectivity index (χ3n) is 6.19. The number of benzene rings is 3. The molecule has 1 saturated carbocycles. The van der Waals surface area contributed by atoms with Gasteiger partial charge in [-0.05, 0) is 67.1 Å². The predicted octanol–water partition coefficient (Wildman–Crippen LogP) is 8.49. The molecule has 38 heavy (non-hydrogen) atoms. The van der Waals surface area contributed by atoms with Crippen LogP contribution in [0.15, 0.2) is 65.2 Å². The van der Waals surface area contributed by atoms with E-state index in [0.29, 0.717) is 49.1 Å². The van der Waals surface area contributed by atoms with Gasteiger partial charge in [-0.2, -0.15) is 0 Å². The summed E-state index contributed by atoms with van der Waals surface area (Å²) in [6, 6.07) is 17.7. The van der Waals surface area contributed by atoms with Crippen LogP contribution in [0, 0.1) is 12.0 Å². The molecule has 4 aromatic rings. The largest absolute Gasteiger partial charge is 0.489 e. The highest BCUT2D eigenvalue weighted by Gasteiger charge is 2.33. The Kier molecular flexibility index (Phi) is 7.95. The smallest absolute Gasteiger partial charge is 0.352 e. The second-order valence-corrected chi connectivity index (χ2v) is 10.1. The molecule has 5 nitrogen and oxygen atoms in total. The predicted molar refractivity (Wildman–Crippen MR) is 148 cm³/mol. The summed E-state index contributed by atoms with van der Waals surface area (Å²) < 4.78 is 16.9. The van der Waals surface area contributed by atoms with Crippen molar-refractivity contribution in [3.8, 4) is 29.0 Å². The van der Waals surface area contributed by atoms with Gasteiger partial charge < -0.3 is 14.0 Å². The van der Waals surface area contributed by atoms with E-state index >= 15 is 0 Å². The summed E-state index contributed by atoms with van der Waals surface area (Å²) in [5.41, 5.74) is 3.99. The summed E-state index contributed by atoms with van der Waals surface area (Å²) in [6.45, 7) is 2.22. The summed E-state index contributed by atoms with van der Waals surface area (Å²) in [6.07, 6.45) is 5.34. The Hall–Kier alpha value is -3.43. The zero-order chi connectivity index (χ0) is 26.6. The molecule has 1 aromatic heterocycles. The number of rotatable bonds is 7. The molecule has 0 atom stereocenters. The standard InChI is InChI=1S/C30H22Cl3NO4/c1-2-18-5-3-6-21(15-18)30(35)36-14-13-19-11-12-22(16-26(19)33)37-17-23-28(34-38-29(23)20-9-10-20)27-24(31)7-4-8-25(27)32/h3-8,11-12,15-16,20H,2,9-10,17H2,1H3. The summed E-state index contributed by atoms with van der Waals surface area (Å²) in [5, 5.41) is 5.62. The quantitative estimate of drug-likeness (QED) is 0.166. The monoisotopic (exact) mass is 565 g/mol. The average Bonchev–Trinajstić information content (AvgIpc) is 3.68. The van der Waals surface area contributed by atoms with Crippen LogP contribution in [0.25, 0.3) is 11.3 Å². The van der Waals surface area contributed by atoms with Crippen molar-refractivity contribution in [3.63, 3.8) is 0 Å². The zero-order valence-electron chi connectivity index (χ0n) is 20.4. The number of aromatic nitrogens is 1. The third-order valence-corrected chi connectivity index (χ3v) is 7.13. The highest BCUT2D eigenvalue weighted by atomic mass is 35.5. The molecule has 8 heteroatoms. The van der Waals surface area contributed by atoms with Crippen molar-refractivity contribution < 1.29 is 18.8 Å². The molecule has 1 aliphatic carbocycles. The van der Waals surface area contributed by atoms with Crippen LogP contribution < -0.4 is 4.74 Å². The van der Waals surface area contributed by atoms with Gasteiger partial charge in [0.05, 0.1) is 26.2 Å². The molecule has 1 fully saturated rings. The number of nitrogens with zero attached hydrogens (tertiary/aromatic N) is 1. The van der Waals surface area contributed by atoms with E-state index in [1.54, 1.807) is 48.5 Å². The minimum absolute atomic E-state index is 0.196. The summed E-state index contributed by atoms with van der Waals surface area (Å²) in [4.78, 5) is 12.3. The Morgan fingerprint density at radius 1 is 1.03 bits per heavy atom. The van der Waals surface area contributed by atoms with E-state index < -0.39 is 5.97 Å². The number of carbonyl (C=O) groups is 1. The molecule has 192 valence electrons. The first-order chi connectivity index (χ1) is 18.4. The van der Waals surface area contributed by atoms with Crippen molar-refractivity contribution in [2.75, 3.05) is 0 Å². The van der Waals surface area contributed by atoms with Crippen LogP contribution >= 0.6 is 34.8 Å². The average molecular weight is 567 g/mol. The molecular formula is C30H22Cl3NO4. The molecule has 0 spiro atoms. The topological polar surface area (TPSA) is 61.6 Å². The molecule has 0 radical (unpaired) electrons. The number of hydrogen-bond donors (Lipinski definition) is 0. The molecule has 0 N–H and O–H groups in total. The third kappa shape index (κ3) is 5.84. The van der Waals surface area contributed by atoms with Crippen LogP contribution in [0.5, 0.6) is 5.75 Å². The van der Waals surface area contributed by atoms with Crippen molar-refractivity contribution >= 4 is 40.8 Å². The lowest BCUT2D eigenvalue weighted by Gasteiger charge is -2.10. The first kappa shape index (κ1) is 26.2. The van der Waals surface area contributed by atoms with Gasteiger partial charge in [0.25, 0.3) is 0 Å². The van der Waals surface area contributed by atoms with Crippen LogP contribution in [-0.2, 0) is 17.8 Å². The van der Waals surface area contributed by atoms with Crippen LogP contribution in [-0.4, -0.2) is 11.1 Å². The van der Waals surface area contributed by atoms with Gasteiger partial charge in [0.2, 0.25) is 0 Å². The Labute approximate surface area is 235 Å². The van der Waals surface area contributed by atoms with E-state index in [0.717, 1.165) is 36.1 Å². The Balaban J connectivity index is 1.30. The zero-order valence-corrected chi connectivity index (χ0v) is 22.7. The maximum absolute atomic E-state index is 12.3. The van der Waals surface area contributed by atoms with E-state index in [-0.39, 0.29) is 6.61 Å². The van der Waals surface area contributed by atoms with Crippen molar-refractivity contribution in [1.29, 1.82) is 0 Å². The first-order valence-electron chi connectivity index (χ1n) is 12.1. The van der Waals surface area contributed by atoms with Crippen molar-refractivity contribution in [3.05, 3.63) is 104 Å². The van der Waals surface area contributed by atoms with Crippen LogP contribution in [0.2, 0.25) is 15.1 Å². The number of halogens is 3. The van der Waals surface area contributed by atoms with E-state index in [4.69, 9.17) is 48.8 Å². The molecular weight excluding hydrogens is 545 g/mol. The molecule has 5 rings (SSSR count). The van der Waals surface area contributed by atoms with E-state index in [1.165, 1.54) is 0 Å². The first-order valence-corrected chi connectivity index (χ1v) is 13.2. The fourth-order valence-corrected chi connectivity index (χ4v) is 4.79. The number of aryl methyl sites for hydroxylation is 1. The van der Waals surface area contributed by atoms with E-state index in [1.807, 2.05) is 19.1 Å². The molecule has 0 saturated heterocycles. The summed E-state index contributed by atoms with van der Waals surface area (Å²) in [7, 11) is 0. The number of esters is 1. The van der Waals surface area contributed by atoms with Gasteiger partial charge in [0.15, 0.2) is 0 Å². The molecule has 1 heterocycles. The second kappa shape index (κ2) is 11.5. The van der Waals surface area contributed by atoms with Crippen molar-refractivity contribution in [2.24, 2.45) is 0 Å². The minimum Gasteiger partial charge on any atom is -0.489 e. The van der Waals surface area contributed by atoms with Crippen LogP contribution in [0.1, 0.15) is 58.5 Å². The maximum Gasteiger partial charge on any atom is 0.352 e. The number of ether oxygens (including phenoxy) is 2. The fraction of sp³-hybridized carbons (Fsp3) is 0.200. The molecule has 3 aromatic carbocycles. The molecule has 0 amide bonds. The second-order valence-electron chi connectivity index (χ2n) is 8.85. The molecule has 1 aliphatic rings. The van der Waals surface area contributed by atoms with E-state index in [2.05, 4.69) is 17.2 Å². The Morgan fingerprint density at radius 2 is 1.79 bits per heavy atom. The minimum atomic E-state index is -0.515. The number of carbonyl (C=O) groups excluding carboxylic acids is 1. The van der Waals surface area contributed by atoms with Crippen LogP contribution in [0.4, 0.5) is 0 Å². The fourth-order valence-electron chi connectivity index (χ4n) is 3.99. The van der Waals surface area contributed by atoms with Gasteiger partial charge in [-0.3, -0.25) is 0 Å². The lowest BCUT2D eigenvalue weighted by Crippen LogP contribution is -2.01.